The van der Waals surface area contributed by atoms with Gasteiger partial charge in [-0.25, -0.2) is 8.78 Å². The summed E-state index contributed by atoms with van der Waals surface area (Å²) in [6, 6.07) is 2.24. The highest BCUT2D eigenvalue weighted by molar-refractivity contribution is 5.44. The zero-order valence-electron chi connectivity index (χ0n) is 6.63. The zero-order chi connectivity index (χ0) is 9.00. The molecule has 0 unspecified atom stereocenters. The zero-order valence-corrected chi connectivity index (χ0v) is 6.63. The molecule has 13 heavy (non-hydrogen) atoms. The van der Waals surface area contributed by atoms with E-state index < -0.39 is 11.6 Å². The Bertz CT molecular complexity index is 412. The van der Waals surface area contributed by atoms with Crippen molar-refractivity contribution in [2.45, 2.75) is 12.2 Å². The van der Waals surface area contributed by atoms with Gasteiger partial charge >= 0.3 is 0 Å². The number of hydrogen-bond donors (Lipinski definition) is 0. The lowest BCUT2D eigenvalue weighted by Gasteiger charge is -2.07. The van der Waals surface area contributed by atoms with Crippen LogP contribution in [0.4, 0.5) is 8.78 Å². The van der Waals surface area contributed by atoms with E-state index in [1.807, 2.05) is 6.08 Å². The second-order valence-electron chi connectivity index (χ2n) is 3.25. The third-order valence-electron chi connectivity index (χ3n) is 2.47. The largest absolute Gasteiger partial charge is 0.357 e. The summed E-state index contributed by atoms with van der Waals surface area (Å²) in [5, 5.41) is 0. The van der Waals surface area contributed by atoms with Crippen molar-refractivity contribution in [2.75, 3.05) is 0 Å². The third-order valence-corrected chi connectivity index (χ3v) is 2.47. The molecule has 0 fully saturated rings. The minimum Gasteiger partial charge on any atom is -0.357 e. The lowest BCUT2D eigenvalue weighted by molar-refractivity contribution is 0.0867. The fraction of sp³-hybridized carbons (Fsp3) is 0.200. The van der Waals surface area contributed by atoms with Gasteiger partial charge < -0.3 is 4.74 Å². The van der Waals surface area contributed by atoms with E-state index in [1.165, 1.54) is 6.07 Å². The van der Waals surface area contributed by atoms with Gasteiger partial charge in [0.05, 0.1) is 0 Å². The Morgan fingerprint density at radius 2 is 1.85 bits per heavy atom. The molecule has 1 nitrogen and oxygen atoms in total. The van der Waals surface area contributed by atoms with E-state index in [1.54, 1.807) is 6.08 Å². The van der Waals surface area contributed by atoms with Gasteiger partial charge in [0.2, 0.25) is 0 Å². The Hall–Kier alpha value is -1.22. The molecule has 2 aliphatic rings. The standard InChI is InChI=1S/C10H6F2O/c11-5-3-6-8-1-2-9(13-8)10(6)7(12)4-5/h1-4,8-9H/t8-,9+/m1/s1. The highest BCUT2D eigenvalue weighted by atomic mass is 19.1. The van der Waals surface area contributed by atoms with E-state index in [2.05, 4.69) is 0 Å². The van der Waals surface area contributed by atoms with Gasteiger partial charge in [-0.3, -0.25) is 0 Å². The molecule has 2 heterocycles. The number of fused-ring (bicyclic) bond motifs is 5. The van der Waals surface area contributed by atoms with Gasteiger partial charge in [-0.05, 0) is 11.6 Å². The van der Waals surface area contributed by atoms with Crippen LogP contribution in [0.2, 0.25) is 0 Å². The van der Waals surface area contributed by atoms with Crippen LogP contribution >= 0.6 is 0 Å². The molecule has 2 aliphatic heterocycles. The smallest absolute Gasteiger partial charge is 0.132 e. The molecule has 3 heteroatoms. The second kappa shape index (κ2) is 2.17. The summed E-state index contributed by atoms with van der Waals surface area (Å²) in [7, 11) is 0. The Kier molecular flexibility index (Phi) is 1.21. The Labute approximate surface area is 73.6 Å². The molecule has 0 spiro atoms. The van der Waals surface area contributed by atoms with Crippen molar-refractivity contribution >= 4 is 0 Å². The first-order chi connectivity index (χ1) is 6.25. The van der Waals surface area contributed by atoms with Crippen molar-refractivity contribution in [1.29, 1.82) is 0 Å². The summed E-state index contributed by atoms with van der Waals surface area (Å²) in [6.45, 7) is 0. The summed E-state index contributed by atoms with van der Waals surface area (Å²) in [5.41, 5.74) is 1.12. The maximum absolute atomic E-state index is 13.3. The first-order valence-corrected chi connectivity index (χ1v) is 4.08. The van der Waals surface area contributed by atoms with Crippen molar-refractivity contribution < 1.29 is 13.5 Å². The molecule has 2 bridgehead atoms. The molecule has 66 valence electrons. The van der Waals surface area contributed by atoms with Crippen LogP contribution in [0.15, 0.2) is 24.3 Å². The van der Waals surface area contributed by atoms with E-state index in [0.717, 1.165) is 6.07 Å². The topological polar surface area (TPSA) is 9.23 Å². The van der Waals surface area contributed by atoms with Gasteiger partial charge in [0, 0.05) is 11.6 Å². The molecule has 0 aliphatic carbocycles. The summed E-state index contributed by atoms with van der Waals surface area (Å²) >= 11 is 0. The van der Waals surface area contributed by atoms with Crippen LogP contribution in [0.25, 0.3) is 0 Å². The molecule has 0 radical (unpaired) electrons. The van der Waals surface area contributed by atoms with Crippen LogP contribution in [-0.2, 0) is 4.74 Å². The van der Waals surface area contributed by atoms with Gasteiger partial charge in [-0.15, -0.1) is 0 Å². The summed E-state index contributed by atoms with van der Waals surface area (Å²) in [4.78, 5) is 0. The van der Waals surface area contributed by atoms with Crippen LogP contribution in [0, 0.1) is 11.6 Å². The summed E-state index contributed by atoms with van der Waals surface area (Å²) in [6.07, 6.45) is 3.07. The highest BCUT2D eigenvalue weighted by Gasteiger charge is 2.36. The normalized spacial score (nSPS) is 28.2. The highest BCUT2D eigenvalue weighted by Crippen LogP contribution is 2.46. The quantitative estimate of drug-likeness (QED) is 0.557. The number of ether oxygens (including phenoxy) is 1. The average molecular weight is 180 g/mol. The van der Waals surface area contributed by atoms with Crippen LogP contribution < -0.4 is 0 Å². The van der Waals surface area contributed by atoms with Gasteiger partial charge in [0.1, 0.15) is 23.8 Å². The van der Waals surface area contributed by atoms with E-state index in [-0.39, 0.29) is 12.2 Å². The molecule has 1 aromatic carbocycles. The predicted octanol–water partition coefficient (Wildman–Crippen LogP) is 2.65. The Morgan fingerprint density at radius 1 is 1.08 bits per heavy atom. The van der Waals surface area contributed by atoms with Crippen molar-refractivity contribution in [3.8, 4) is 0 Å². The fourth-order valence-corrected chi connectivity index (χ4v) is 1.93. The van der Waals surface area contributed by atoms with Crippen molar-refractivity contribution in [3.05, 3.63) is 47.0 Å². The number of benzene rings is 1. The monoisotopic (exact) mass is 180 g/mol. The third kappa shape index (κ3) is 0.823. The lowest BCUT2D eigenvalue weighted by Crippen LogP contribution is -1.98. The first kappa shape index (κ1) is 7.21. The maximum atomic E-state index is 13.3. The van der Waals surface area contributed by atoms with Crippen molar-refractivity contribution in [3.63, 3.8) is 0 Å². The van der Waals surface area contributed by atoms with Gasteiger partial charge in [0.15, 0.2) is 0 Å². The van der Waals surface area contributed by atoms with Crippen molar-refractivity contribution in [1.82, 2.24) is 0 Å². The van der Waals surface area contributed by atoms with Gasteiger partial charge in [-0.2, -0.15) is 0 Å². The molecule has 0 saturated carbocycles. The van der Waals surface area contributed by atoms with Crippen LogP contribution in [-0.4, -0.2) is 0 Å². The lowest BCUT2D eigenvalue weighted by atomic mass is 9.96. The van der Waals surface area contributed by atoms with Crippen molar-refractivity contribution in [2.24, 2.45) is 0 Å². The van der Waals surface area contributed by atoms with E-state index in [0.29, 0.717) is 11.1 Å². The molecular weight excluding hydrogens is 174 g/mol. The molecule has 0 saturated heterocycles. The molecule has 0 aromatic heterocycles. The maximum Gasteiger partial charge on any atom is 0.132 e. The van der Waals surface area contributed by atoms with Crippen LogP contribution in [0.1, 0.15) is 23.3 Å². The molecule has 3 rings (SSSR count). The minimum atomic E-state index is -0.541. The first-order valence-electron chi connectivity index (χ1n) is 4.08. The summed E-state index contributed by atoms with van der Waals surface area (Å²) in [5.74, 6) is -1.05. The SMILES string of the molecule is Fc1cc(F)c2c(c1)[C@H]1C=C[C@@H]2O1. The van der Waals surface area contributed by atoms with E-state index in [4.69, 9.17) is 4.74 Å². The summed E-state index contributed by atoms with van der Waals surface area (Å²) < 4.78 is 31.4. The minimum absolute atomic E-state index is 0.245. The van der Waals surface area contributed by atoms with Gasteiger partial charge in [0.25, 0.3) is 0 Å². The number of hydrogen-bond acceptors (Lipinski definition) is 1. The molecule has 1 aromatic rings. The van der Waals surface area contributed by atoms with E-state index in [9.17, 15) is 8.78 Å². The number of halogens is 2. The molecule has 2 atom stereocenters. The van der Waals surface area contributed by atoms with Crippen LogP contribution in [0.3, 0.4) is 0 Å². The fourth-order valence-electron chi connectivity index (χ4n) is 1.93. The average Bonchev–Trinajstić information content (AvgIpc) is 2.62. The van der Waals surface area contributed by atoms with Gasteiger partial charge in [-0.1, -0.05) is 12.2 Å². The molecular formula is C10H6F2O. The van der Waals surface area contributed by atoms with E-state index >= 15 is 0 Å². The number of rotatable bonds is 0. The predicted molar refractivity (Wildman–Crippen MR) is 42.1 cm³/mol. The molecule has 0 N–H and O–H groups in total. The molecule has 0 amide bonds. The second-order valence-corrected chi connectivity index (χ2v) is 3.25. The Morgan fingerprint density at radius 3 is 2.69 bits per heavy atom. The van der Waals surface area contributed by atoms with Crippen LogP contribution in [0.5, 0.6) is 0 Å². The Balaban J connectivity index is 2.29.